The Kier molecular flexibility index (Phi) is 7.56. The summed E-state index contributed by atoms with van der Waals surface area (Å²) in [5.74, 6) is 0.129. The first-order chi connectivity index (χ1) is 18.5. The maximum Gasteiger partial charge on any atom is 0.251 e. The number of Topliss-reactive ketones (excluding diaryl/α,β-unsaturated/α-hetero) is 1. The molecule has 2 amide bonds. The highest BCUT2D eigenvalue weighted by Gasteiger charge is 2.54. The second-order valence-corrected chi connectivity index (χ2v) is 11.8. The largest absolute Gasteiger partial charge is 0.374 e. The fourth-order valence-electron chi connectivity index (χ4n) is 7.22. The Morgan fingerprint density at radius 2 is 1.76 bits per heavy atom. The number of nitrogens with one attached hydrogen (secondary N) is 1. The highest BCUT2D eigenvalue weighted by molar-refractivity contribution is 5.99. The molecule has 3 aliphatic heterocycles. The van der Waals surface area contributed by atoms with Crippen LogP contribution in [0.5, 0.6) is 0 Å². The summed E-state index contributed by atoms with van der Waals surface area (Å²) in [6.07, 6.45) is 8.21. The standard InChI is InChI=1S/C30H41N3O5/c1-2-37-25-17-33(27-24(34)18-38-28(25)27)30(36)26(21-5-3-4-6-21)31-29(35)22-9-7-19(8-10-22)20-13-15-32(16-14-20)23-11-12-23/h7-10,20-21,23,25-28H,2-6,11-18H2,1H3,(H,31,35)/t25-,26-,27+,28+/m0/s1. The molecule has 1 aromatic carbocycles. The summed E-state index contributed by atoms with van der Waals surface area (Å²) in [5.41, 5.74) is 1.87. The minimum absolute atomic E-state index is 0.00903. The van der Waals surface area contributed by atoms with Crippen molar-refractivity contribution < 1.29 is 23.9 Å². The first kappa shape index (κ1) is 26.0. The number of amides is 2. The number of rotatable bonds is 8. The number of nitrogens with zero attached hydrogens (tertiary/aromatic N) is 2. The van der Waals surface area contributed by atoms with Crippen LogP contribution in [0.3, 0.4) is 0 Å². The van der Waals surface area contributed by atoms with Crippen molar-refractivity contribution in [2.45, 2.75) is 94.5 Å². The molecule has 1 N–H and O–H groups in total. The van der Waals surface area contributed by atoms with Crippen molar-refractivity contribution in [3.05, 3.63) is 35.4 Å². The van der Waals surface area contributed by atoms with Crippen LogP contribution >= 0.6 is 0 Å². The summed E-state index contributed by atoms with van der Waals surface area (Å²) in [4.78, 5) is 44.2. The molecule has 3 heterocycles. The Labute approximate surface area is 225 Å². The smallest absolute Gasteiger partial charge is 0.251 e. The molecule has 38 heavy (non-hydrogen) atoms. The molecule has 0 bridgehead atoms. The summed E-state index contributed by atoms with van der Waals surface area (Å²) < 4.78 is 11.5. The van der Waals surface area contributed by atoms with Crippen LogP contribution in [-0.2, 0) is 19.1 Å². The maximum atomic E-state index is 13.9. The number of ketones is 1. The highest BCUT2D eigenvalue weighted by atomic mass is 16.6. The quantitative estimate of drug-likeness (QED) is 0.564. The Morgan fingerprint density at radius 3 is 2.42 bits per heavy atom. The summed E-state index contributed by atoms with van der Waals surface area (Å²) in [5, 5.41) is 3.09. The normalized spacial score (nSPS) is 29.6. The SMILES string of the molecule is CCO[C@H]1CN(C(=O)[C@@H](NC(=O)c2ccc(C3CCN(C4CC4)CC3)cc2)C2CCCC2)[C@@H]2C(=O)CO[C@H]12. The van der Waals surface area contributed by atoms with E-state index < -0.39 is 18.2 Å². The molecule has 3 saturated heterocycles. The minimum Gasteiger partial charge on any atom is -0.374 e. The summed E-state index contributed by atoms with van der Waals surface area (Å²) >= 11 is 0. The van der Waals surface area contributed by atoms with Crippen LogP contribution in [0, 0.1) is 5.92 Å². The van der Waals surface area contributed by atoms with Gasteiger partial charge in [-0.1, -0.05) is 25.0 Å². The lowest BCUT2D eigenvalue weighted by molar-refractivity contribution is -0.139. The predicted octanol–water partition coefficient (Wildman–Crippen LogP) is 2.90. The second kappa shape index (κ2) is 11.1. The molecule has 1 aromatic rings. The molecule has 4 atom stereocenters. The van der Waals surface area contributed by atoms with E-state index in [1.54, 1.807) is 4.90 Å². The topological polar surface area (TPSA) is 88.2 Å². The van der Waals surface area contributed by atoms with Crippen molar-refractivity contribution in [3.63, 3.8) is 0 Å². The van der Waals surface area contributed by atoms with Crippen LogP contribution in [0.25, 0.3) is 0 Å². The molecule has 8 nitrogen and oxygen atoms in total. The van der Waals surface area contributed by atoms with E-state index in [-0.39, 0.29) is 36.2 Å². The number of benzene rings is 1. The molecule has 0 radical (unpaired) electrons. The average molecular weight is 524 g/mol. The summed E-state index contributed by atoms with van der Waals surface area (Å²) in [6, 6.07) is 7.54. The first-order valence-electron chi connectivity index (χ1n) is 14.7. The fraction of sp³-hybridized carbons (Fsp3) is 0.700. The van der Waals surface area contributed by atoms with Gasteiger partial charge in [-0.15, -0.1) is 0 Å². The number of hydrogen-bond acceptors (Lipinski definition) is 6. The van der Waals surface area contributed by atoms with Gasteiger partial charge in [-0.3, -0.25) is 14.4 Å². The van der Waals surface area contributed by atoms with E-state index in [0.717, 1.165) is 31.7 Å². The molecule has 8 heteroatoms. The van der Waals surface area contributed by atoms with Crippen molar-refractivity contribution in [1.29, 1.82) is 0 Å². The van der Waals surface area contributed by atoms with Crippen molar-refractivity contribution in [2.75, 3.05) is 32.8 Å². The molecule has 2 aliphatic carbocycles. The van der Waals surface area contributed by atoms with Crippen molar-refractivity contribution in [1.82, 2.24) is 15.1 Å². The van der Waals surface area contributed by atoms with Crippen molar-refractivity contribution >= 4 is 17.6 Å². The van der Waals surface area contributed by atoms with Crippen LogP contribution in [0.4, 0.5) is 0 Å². The van der Waals surface area contributed by atoms with Gasteiger partial charge in [-0.25, -0.2) is 0 Å². The third-order valence-electron chi connectivity index (χ3n) is 9.46. The van der Waals surface area contributed by atoms with E-state index in [1.807, 2.05) is 19.1 Å². The number of carbonyl (C=O) groups is 3. The van der Waals surface area contributed by atoms with Gasteiger partial charge < -0.3 is 24.6 Å². The molecule has 5 aliphatic rings. The Bertz CT molecular complexity index is 1030. The molecule has 0 unspecified atom stereocenters. The van der Waals surface area contributed by atoms with Gasteiger partial charge in [0.2, 0.25) is 5.91 Å². The minimum atomic E-state index is -0.647. The second-order valence-electron chi connectivity index (χ2n) is 11.8. The molecule has 0 aromatic heterocycles. The maximum absolute atomic E-state index is 13.9. The monoisotopic (exact) mass is 523 g/mol. The number of ether oxygens (including phenoxy) is 2. The third kappa shape index (κ3) is 5.15. The van der Waals surface area contributed by atoms with Crippen LogP contribution in [-0.4, -0.2) is 90.6 Å². The zero-order valence-electron chi connectivity index (χ0n) is 22.5. The van der Waals surface area contributed by atoms with Crippen LogP contribution in [0.2, 0.25) is 0 Å². The molecule has 0 spiro atoms. The third-order valence-corrected chi connectivity index (χ3v) is 9.46. The molecular weight excluding hydrogens is 482 g/mol. The van der Waals surface area contributed by atoms with E-state index in [0.29, 0.717) is 24.6 Å². The molecule has 2 saturated carbocycles. The molecular formula is C30H41N3O5. The van der Waals surface area contributed by atoms with Crippen molar-refractivity contribution in [3.8, 4) is 0 Å². The van der Waals surface area contributed by atoms with Crippen molar-refractivity contribution in [2.24, 2.45) is 5.92 Å². The summed E-state index contributed by atoms with van der Waals surface area (Å²) in [7, 11) is 0. The predicted molar refractivity (Wildman–Crippen MR) is 142 cm³/mol. The number of hydrogen-bond donors (Lipinski definition) is 1. The zero-order valence-corrected chi connectivity index (χ0v) is 22.5. The molecule has 5 fully saturated rings. The van der Waals surface area contributed by atoms with E-state index in [2.05, 4.69) is 22.3 Å². The van der Waals surface area contributed by atoms with Gasteiger partial charge >= 0.3 is 0 Å². The van der Waals surface area contributed by atoms with Gasteiger partial charge in [0.15, 0.2) is 5.78 Å². The van der Waals surface area contributed by atoms with E-state index in [4.69, 9.17) is 9.47 Å². The highest BCUT2D eigenvalue weighted by Crippen LogP contribution is 2.36. The lowest BCUT2D eigenvalue weighted by Gasteiger charge is -2.32. The fourth-order valence-corrected chi connectivity index (χ4v) is 7.22. The Balaban J connectivity index is 1.13. The van der Waals surface area contributed by atoms with Crippen LogP contribution in [0.1, 0.15) is 80.1 Å². The van der Waals surface area contributed by atoms with Gasteiger partial charge in [0, 0.05) is 18.2 Å². The lowest BCUT2D eigenvalue weighted by Crippen LogP contribution is -2.54. The Morgan fingerprint density at radius 1 is 1.05 bits per heavy atom. The molecule has 6 rings (SSSR count). The zero-order chi connectivity index (χ0) is 26.2. The Hall–Kier alpha value is -2.29. The number of carbonyl (C=O) groups excluding carboxylic acids is 3. The van der Waals surface area contributed by atoms with Gasteiger partial charge in [-0.2, -0.15) is 0 Å². The summed E-state index contributed by atoms with van der Waals surface area (Å²) in [6.45, 7) is 5.06. The van der Waals surface area contributed by atoms with Crippen LogP contribution in [0.15, 0.2) is 24.3 Å². The van der Waals surface area contributed by atoms with Gasteiger partial charge in [0.25, 0.3) is 5.91 Å². The molecule has 206 valence electrons. The van der Waals surface area contributed by atoms with Gasteiger partial charge in [0.1, 0.15) is 30.9 Å². The average Bonchev–Trinajstić information content (AvgIpc) is 3.33. The first-order valence-corrected chi connectivity index (χ1v) is 14.7. The van der Waals surface area contributed by atoms with Crippen LogP contribution < -0.4 is 5.32 Å². The van der Waals surface area contributed by atoms with E-state index in [9.17, 15) is 14.4 Å². The number of piperidine rings is 1. The lowest BCUT2D eigenvalue weighted by atomic mass is 9.89. The van der Waals surface area contributed by atoms with E-state index in [1.165, 1.54) is 44.3 Å². The van der Waals surface area contributed by atoms with Gasteiger partial charge in [-0.05, 0) is 88.1 Å². The number of fused-ring (bicyclic) bond motifs is 1. The van der Waals surface area contributed by atoms with Gasteiger partial charge in [0.05, 0.1) is 6.54 Å². The number of likely N-dealkylation sites (tertiary alicyclic amines) is 2. The van der Waals surface area contributed by atoms with E-state index >= 15 is 0 Å².